The van der Waals surface area contributed by atoms with Crippen LogP contribution in [0, 0.1) is 0 Å². The van der Waals surface area contributed by atoms with Crippen LogP contribution >= 0.6 is 22.9 Å². The summed E-state index contributed by atoms with van der Waals surface area (Å²) in [6, 6.07) is 8.41. The van der Waals surface area contributed by atoms with Crippen LogP contribution in [0.1, 0.15) is 29.6 Å². The fourth-order valence-electron chi connectivity index (χ4n) is 3.05. The van der Waals surface area contributed by atoms with Crippen molar-refractivity contribution in [1.82, 2.24) is 14.3 Å². The fraction of sp³-hybridized carbons (Fsp3) is 0.471. The Morgan fingerprint density at radius 1 is 1.21 bits per heavy atom. The molecule has 0 N–H and O–H groups in total. The zero-order valence-corrected chi connectivity index (χ0v) is 15.3. The average Bonchev–Trinajstić information content (AvgIpc) is 3.27. The van der Waals surface area contributed by atoms with Gasteiger partial charge in [-0.05, 0) is 25.0 Å². The Morgan fingerprint density at radius 2 is 2.04 bits per heavy atom. The van der Waals surface area contributed by atoms with Gasteiger partial charge >= 0.3 is 0 Å². The van der Waals surface area contributed by atoms with Crippen molar-refractivity contribution in [2.75, 3.05) is 31.7 Å². The Balaban J connectivity index is 1.40. The zero-order chi connectivity index (χ0) is 16.4. The van der Waals surface area contributed by atoms with Crippen LogP contribution in [-0.2, 0) is 11.2 Å². The molecular formula is C17H20N4OS2. The molecule has 0 bridgehead atoms. The molecule has 126 valence electrons. The molecule has 0 amide bonds. The van der Waals surface area contributed by atoms with Gasteiger partial charge in [0.2, 0.25) is 5.13 Å². The summed E-state index contributed by atoms with van der Waals surface area (Å²) in [5.41, 5.74) is 1.13. The molecule has 0 spiro atoms. The smallest absolute Gasteiger partial charge is 0.205 e. The molecule has 0 saturated carbocycles. The van der Waals surface area contributed by atoms with Gasteiger partial charge < -0.3 is 9.64 Å². The second-order valence-corrected chi connectivity index (χ2v) is 7.81. The van der Waals surface area contributed by atoms with Gasteiger partial charge in [0.25, 0.3) is 0 Å². The Hall–Kier alpha value is -1.57. The van der Waals surface area contributed by atoms with E-state index in [1.165, 1.54) is 21.2 Å². The monoisotopic (exact) mass is 360 g/mol. The number of ether oxygens (including phenoxy) is 1. The van der Waals surface area contributed by atoms with Gasteiger partial charge in [-0.25, -0.2) is 9.97 Å². The molecule has 7 heteroatoms. The number of piperidine rings is 1. The molecule has 0 aliphatic carbocycles. The molecule has 2 aromatic heterocycles. The van der Waals surface area contributed by atoms with Crippen molar-refractivity contribution < 1.29 is 4.74 Å². The number of para-hydroxylation sites is 1. The summed E-state index contributed by atoms with van der Waals surface area (Å²) >= 11 is 3.35. The number of anilines is 1. The molecule has 5 nitrogen and oxygen atoms in total. The molecular weight excluding hydrogens is 340 g/mol. The molecule has 1 aliphatic heterocycles. The van der Waals surface area contributed by atoms with E-state index in [1.54, 1.807) is 7.11 Å². The number of aromatic nitrogens is 3. The quantitative estimate of drug-likeness (QED) is 0.694. The van der Waals surface area contributed by atoms with Crippen LogP contribution in [-0.4, -0.2) is 41.1 Å². The van der Waals surface area contributed by atoms with Gasteiger partial charge in [-0.1, -0.05) is 12.1 Å². The number of nitrogens with zero attached hydrogens (tertiary/aromatic N) is 4. The van der Waals surface area contributed by atoms with E-state index in [0.29, 0.717) is 12.5 Å². The Labute approximate surface area is 149 Å². The molecule has 1 saturated heterocycles. The molecule has 3 heterocycles. The van der Waals surface area contributed by atoms with Gasteiger partial charge in [-0.2, -0.15) is 4.37 Å². The predicted molar refractivity (Wildman–Crippen MR) is 99.3 cm³/mol. The van der Waals surface area contributed by atoms with Crippen LogP contribution in [0.25, 0.3) is 10.2 Å². The highest BCUT2D eigenvalue weighted by atomic mass is 32.1. The molecule has 3 aromatic rings. The summed E-state index contributed by atoms with van der Waals surface area (Å²) in [7, 11) is 1.71. The van der Waals surface area contributed by atoms with Crippen LogP contribution < -0.4 is 4.90 Å². The summed E-state index contributed by atoms with van der Waals surface area (Å²) in [5, 5.41) is 2.33. The lowest BCUT2D eigenvalue weighted by Gasteiger charge is -2.30. The first-order valence-electron chi connectivity index (χ1n) is 8.25. The first kappa shape index (κ1) is 15.9. The van der Waals surface area contributed by atoms with Gasteiger partial charge in [0.1, 0.15) is 5.82 Å². The minimum Gasteiger partial charge on any atom is -0.384 e. The van der Waals surface area contributed by atoms with E-state index >= 15 is 0 Å². The maximum atomic E-state index is 5.09. The Kier molecular flexibility index (Phi) is 4.73. The van der Waals surface area contributed by atoms with E-state index in [4.69, 9.17) is 9.72 Å². The Morgan fingerprint density at radius 3 is 2.83 bits per heavy atom. The van der Waals surface area contributed by atoms with Crippen molar-refractivity contribution >= 4 is 38.2 Å². The first-order valence-corrected chi connectivity index (χ1v) is 9.84. The molecule has 24 heavy (non-hydrogen) atoms. The molecule has 1 fully saturated rings. The second-order valence-electron chi connectivity index (χ2n) is 6.02. The minimum atomic E-state index is 0.569. The third-order valence-corrected chi connectivity index (χ3v) is 6.43. The first-order chi connectivity index (χ1) is 11.8. The summed E-state index contributed by atoms with van der Waals surface area (Å²) in [6.45, 7) is 2.73. The van der Waals surface area contributed by atoms with Crippen LogP contribution in [0.4, 0.5) is 5.13 Å². The number of hydrogen-bond acceptors (Lipinski definition) is 7. The lowest BCUT2D eigenvalue weighted by atomic mass is 9.98. The number of fused-ring (bicyclic) bond motifs is 1. The van der Waals surface area contributed by atoms with E-state index < -0.39 is 0 Å². The standard InChI is InChI=1S/C17H20N4OS2/c1-22-11-8-15-19-17(24-20-15)21-9-6-12(7-10-21)16-18-13-4-2-3-5-14(13)23-16/h2-5,12H,6-11H2,1H3. The number of benzene rings is 1. The van der Waals surface area contributed by atoms with Crippen LogP contribution in [0.15, 0.2) is 24.3 Å². The number of rotatable bonds is 5. The lowest BCUT2D eigenvalue weighted by Crippen LogP contribution is -2.32. The molecule has 1 aliphatic rings. The van der Waals surface area contributed by atoms with Gasteiger partial charge in [-0.15, -0.1) is 11.3 Å². The highest BCUT2D eigenvalue weighted by molar-refractivity contribution is 7.18. The third kappa shape index (κ3) is 3.29. The van der Waals surface area contributed by atoms with Crippen molar-refractivity contribution in [2.24, 2.45) is 0 Å². The van der Waals surface area contributed by atoms with E-state index in [-0.39, 0.29) is 0 Å². The molecule has 1 aromatic carbocycles. The number of hydrogen-bond donors (Lipinski definition) is 0. The summed E-state index contributed by atoms with van der Waals surface area (Å²) in [4.78, 5) is 11.8. The van der Waals surface area contributed by atoms with Crippen molar-refractivity contribution in [3.05, 3.63) is 35.1 Å². The van der Waals surface area contributed by atoms with Crippen LogP contribution in [0.5, 0.6) is 0 Å². The van der Waals surface area contributed by atoms with E-state index in [0.717, 1.165) is 48.8 Å². The van der Waals surface area contributed by atoms with Crippen LogP contribution in [0.2, 0.25) is 0 Å². The molecule has 0 radical (unpaired) electrons. The minimum absolute atomic E-state index is 0.569. The Bertz CT molecular complexity index is 775. The highest BCUT2D eigenvalue weighted by Gasteiger charge is 2.25. The van der Waals surface area contributed by atoms with Gasteiger partial charge in [0.05, 0.1) is 21.8 Å². The third-order valence-electron chi connectivity index (χ3n) is 4.41. The summed E-state index contributed by atoms with van der Waals surface area (Å²) in [6.07, 6.45) is 3.05. The topological polar surface area (TPSA) is 51.1 Å². The molecule has 4 rings (SSSR count). The molecule has 0 atom stereocenters. The SMILES string of the molecule is COCCc1nsc(N2CCC(c3nc4ccccc4s3)CC2)n1. The van der Waals surface area contributed by atoms with E-state index in [2.05, 4.69) is 38.5 Å². The van der Waals surface area contributed by atoms with Crippen molar-refractivity contribution in [2.45, 2.75) is 25.2 Å². The molecule has 0 unspecified atom stereocenters. The fourth-order valence-corrected chi connectivity index (χ4v) is 4.95. The largest absolute Gasteiger partial charge is 0.384 e. The number of methoxy groups -OCH3 is 1. The van der Waals surface area contributed by atoms with Crippen molar-refractivity contribution in [3.8, 4) is 0 Å². The van der Waals surface area contributed by atoms with E-state index in [9.17, 15) is 0 Å². The highest BCUT2D eigenvalue weighted by Crippen LogP contribution is 2.35. The normalized spacial score (nSPS) is 16.1. The average molecular weight is 361 g/mol. The van der Waals surface area contributed by atoms with Crippen LogP contribution in [0.3, 0.4) is 0 Å². The second kappa shape index (κ2) is 7.13. The van der Waals surface area contributed by atoms with Gasteiger partial charge in [-0.3, -0.25) is 0 Å². The maximum Gasteiger partial charge on any atom is 0.205 e. The van der Waals surface area contributed by atoms with E-state index in [1.807, 2.05) is 11.3 Å². The maximum absolute atomic E-state index is 5.09. The predicted octanol–water partition coefficient (Wildman–Crippen LogP) is 3.72. The number of thiazole rings is 1. The lowest BCUT2D eigenvalue weighted by molar-refractivity contribution is 0.201. The van der Waals surface area contributed by atoms with Gasteiger partial charge in [0.15, 0.2) is 0 Å². The summed E-state index contributed by atoms with van der Waals surface area (Å²) < 4.78 is 10.8. The van der Waals surface area contributed by atoms with Crippen molar-refractivity contribution in [1.29, 1.82) is 0 Å². The zero-order valence-electron chi connectivity index (χ0n) is 13.6. The van der Waals surface area contributed by atoms with Gasteiger partial charge in [0, 0.05) is 44.1 Å². The summed E-state index contributed by atoms with van der Waals surface area (Å²) in [5.74, 6) is 1.46. The van der Waals surface area contributed by atoms with Crippen molar-refractivity contribution in [3.63, 3.8) is 0 Å².